The highest BCUT2D eigenvalue weighted by Gasteiger charge is 2.14. The first-order valence-electron chi connectivity index (χ1n) is 6.68. The number of nitrogens with zero attached hydrogens (tertiary/aromatic N) is 4. The number of nitrogens with one attached hydrogen (secondary N) is 1. The maximum absolute atomic E-state index is 12.0. The minimum absolute atomic E-state index is 0.0333. The van der Waals surface area contributed by atoms with Gasteiger partial charge in [0.15, 0.2) is 5.11 Å². The predicted octanol–water partition coefficient (Wildman–Crippen LogP) is 1.62. The minimum atomic E-state index is -0.557. The summed E-state index contributed by atoms with van der Waals surface area (Å²) in [7, 11) is 0. The number of amides is 1. The van der Waals surface area contributed by atoms with E-state index in [9.17, 15) is 14.9 Å². The Morgan fingerprint density at radius 1 is 1.46 bits per heavy atom. The van der Waals surface area contributed by atoms with Crippen LogP contribution in [0.25, 0.3) is 0 Å². The Balaban J connectivity index is 1.96. The number of aromatic nitrogens is 2. The van der Waals surface area contributed by atoms with Crippen molar-refractivity contribution in [2.24, 2.45) is 5.73 Å². The molecule has 11 heteroatoms. The predicted molar refractivity (Wildman–Crippen MR) is 92.4 cm³/mol. The highest BCUT2D eigenvalue weighted by Crippen LogP contribution is 2.16. The van der Waals surface area contributed by atoms with E-state index in [4.69, 9.17) is 29.6 Å². The molecule has 0 aliphatic carbocycles. The summed E-state index contributed by atoms with van der Waals surface area (Å²) < 4.78 is 1.31. The third-order valence-electron chi connectivity index (χ3n) is 2.94. The maximum Gasteiger partial charge on any atom is 0.306 e. The fourth-order valence-electron chi connectivity index (χ4n) is 1.80. The fraction of sp³-hybridized carbons (Fsp3) is 0.154. The van der Waals surface area contributed by atoms with Gasteiger partial charge in [0.2, 0.25) is 5.91 Å². The van der Waals surface area contributed by atoms with Gasteiger partial charge in [-0.05, 0) is 36.5 Å². The van der Waals surface area contributed by atoms with Crippen LogP contribution in [0.5, 0.6) is 0 Å². The van der Waals surface area contributed by atoms with Crippen LogP contribution in [-0.4, -0.2) is 25.7 Å². The molecule has 24 heavy (non-hydrogen) atoms. The lowest BCUT2D eigenvalue weighted by Gasteiger charge is -2.23. The van der Waals surface area contributed by atoms with E-state index in [1.54, 1.807) is 24.3 Å². The quantitative estimate of drug-likeness (QED) is 0.467. The van der Waals surface area contributed by atoms with Crippen molar-refractivity contribution in [3.63, 3.8) is 0 Å². The van der Waals surface area contributed by atoms with E-state index in [0.29, 0.717) is 10.7 Å². The van der Waals surface area contributed by atoms with Crippen molar-refractivity contribution < 1.29 is 9.72 Å². The van der Waals surface area contributed by atoms with E-state index in [0.717, 1.165) is 6.20 Å². The number of nitrogens with two attached hydrogens (primary N) is 1. The molecule has 3 N–H and O–H groups in total. The third-order valence-corrected chi connectivity index (χ3v) is 3.37. The van der Waals surface area contributed by atoms with Gasteiger partial charge in [-0.15, -0.1) is 0 Å². The number of nitro groups is 1. The van der Waals surface area contributed by atoms with Gasteiger partial charge in [-0.1, -0.05) is 11.6 Å². The van der Waals surface area contributed by atoms with E-state index >= 15 is 0 Å². The standard InChI is InChI=1S/C13H13ClN6O3S/c14-9-1-3-10(4-2-9)19(13(15)24)17-12(21)5-6-18-8-11(7-16-18)20(22)23/h1-4,7-8H,5-6H2,(H2,15,24)(H,17,21). The Bertz CT molecular complexity index is 763. The van der Waals surface area contributed by atoms with Crippen LogP contribution < -0.4 is 16.2 Å². The summed E-state index contributed by atoms with van der Waals surface area (Å²) in [5.74, 6) is -0.379. The lowest BCUT2D eigenvalue weighted by atomic mass is 10.3. The number of benzene rings is 1. The van der Waals surface area contributed by atoms with E-state index < -0.39 is 4.92 Å². The molecule has 0 radical (unpaired) electrons. The first kappa shape index (κ1) is 17.6. The second-order valence-corrected chi connectivity index (χ2v) is 5.51. The molecule has 1 aromatic heterocycles. The minimum Gasteiger partial charge on any atom is -0.374 e. The number of carbonyl (C=O) groups excluding carboxylic acids is 1. The van der Waals surface area contributed by atoms with Gasteiger partial charge in [0.05, 0.1) is 17.2 Å². The van der Waals surface area contributed by atoms with Crippen molar-refractivity contribution >= 4 is 46.2 Å². The molecule has 9 nitrogen and oxygen atoms in total. The molecule has 1 aromatic carbocycles. The molecule has 1 amide bonds. The first-order valence-corrected chi connectivity index (χ1v) is 7.47. The molecule has 0 aliphatic rings. The number of aryl methyl sites for hydroxylation is 1. The van der Waals surface area contributed by atoms with E-state index in [2.05, 4.69) is 10.5 Å². The number of anilines is 1. The number of hydrazine groups is 1. The Kier molecular flexibility index (Phi) is 5.66. The van der Waals surface area contributed by atoms with E-state index in [1.807, 2.05) is 0 Å². The van der Waals surface area contributed by atoms with Gasteiger partial charge < -0.3 is 5.73 Å². The van der Waals surface area contributed by atoms with Gasteiger partial charge in [0.1, 0.15) is 12.4 Å². The summed E-state index contributed by atoms with van der Waals surface area (Å²) in [5.41, 5.74) is 8.59. The Hall–Kier alpha value is -2.72. The lowest BCUT2D eigenvalue weighted by Crippen LogP contribution is -2.49. The summed E-state index contributed by atoms with van der Waals surface area (Å²) in [6.07, 6.45) is 2.40. The van der Waals surface area contributed by atoms with Gasteiger partial charge in [0, 0.05) is 11.4 Å². The molecule has 0 fully saturated rings. The van der Waals surface area contributed by atoms with Crippen molar-refractivity contribution in [2.45, 2.75) is 13.0 Å². The molecule has 126 valence electrons. The summed E-state index contributed by atoms with van der Waals surface area (Å²) in [6.45, 7) is 0.172. The van der Waals surface area contributed by atoms with Crippen LogP contribution in [0.15, 0.2) is 36.7 Å². The molecular formula is C13H13ClN6O3S. The zero-order valence-corrected chi connectivity index (χ0v) is 13.8. The number of hydrogen-bond acceptors (Lipinski definition) is 5. The molecule has 0 spiro atoms. The number of halogens is 1. The van der Waals surface area contributed by atoms with Crippen LogP contribution in [0.1, 0.15) is 6.42 Å². The number of hydrogen-bond donors (Lipinski definition) is 2. The number of thiocarbonyl (C=S) groups is 1. The summed E-state index contributed by atoms with van der Waals surface area (Å²) in [5, 5.41) is 16.1. The average Bonchev–Trinajstić information content (AvgIpc) is 3.00. The van der Waals surface area contributed by atoms with Crippen LogP contribution >= 0.6 is 23.8 Å². The third kappa shape index (κ3) is 4.64. The van der Waals surface area contributed by atoms with Crippen molar-refractivity contribution in [2.75, 3.05) is 5.01 Å². The zero-order valence-electron chi connectivity index (χ0n) is 12.3. The summed E-state index contributed by atoms with van der Waals surface area (Å²) >= 11 is 10.7. The Labute approximate surface area is 147 Å². The van der Waals surface area contributed by atoms with Crippen molar-refractivity contribution in [1.29, 1.82) is 0 Å². The second kappa shape index (κ2) is 7.70. The van der Waals surface area contributed by atoms with Gasteiger partial charge in [-0.2, -0.15) is 5.10 Å². The molecule has 2 aromatic rings. The molecule has 0 atom stereocenters. The second-order valence-electron chi connectivity index (χ2n) is 4.65. The van der Waals surface area contributed by atoms with E-state index in [-0.39, 0.29) is 29.7 Å². The number of carbonyl (C=O) groups is 1. The smallest absolute Gasteiger partial charge is 0.306 e. The summed E-state index contributed by atoms with van der Waals surface area (Å²) in [6, 6.07) is 6.58. The van der Waals surface area contributed by atoms with Gasteiger partial charge in [0.25, 0.3) is 0 Å². The molecule has 1 heterocycles. The van der Waals surface area contributed by atoms with Crippen LogP contribution in [-0.2, 0) is 11.3 Å². The molecule has 0 aliphatic heterocycles. The zero-order chi connectivity index (χ0) is 17.7. The highest BCUT2D eigenvalue weighted by atomic mass is 35.5. The highest BCUT2D eigenvalue weighted by molar-refractivity contribution is 7.80. The Morgan fingerprint density at radius 2 is 2.12 bits per heavy atom. The monoisotopic (exact) mass is 368 g/mol. The van der Waals surface area contributed by atoms with Crippen molar-refractivity contribution in [3.8, 4) is 0 Å². The van der Waals surface area contributed by atoms with Crippen LogP contribution in [0.4, 0.5) is 11.4 Å². The van der Waals surface area contributed by atoms with Gasteiger partial charge in [-0.25, -0.2) is 5.01 Å². The van der Waals surface area contributed by atoms with Crippen LogP contribution in [0.3, 0.4) is 0 Å². The summed E-state index contributed by atoms with van der Waals surface area (Å²) in [4.78, 5) is 22.1. The Morgan fingerprint density at radius 3 is 2.67 bits per heavy atom. The molecule has 0 saturated heterocycles. The van der Waals surface area contributed by atoms with E-state index in [1.165, 1.54) is 15.9 Å². The van der Waals surface area contributed by atoms with Crippen molar-refractivity contribution in [3.05, 3.63) is 51.8 Å². The molecule has 0 saturated carbocycles. The van der Waals surface area contributed by atoms with Gasteiger partial charge in [-0.3, -0.25) is 25.0 Å². The molecule has 0 unspecified atom stereocenters. The lowest BCUT2D eigenvalue weighted by molar-refractivity contribution is -0.385. The maximum atomic E-state index is 12.0. The largest absolute Gasteiger partial charge is 0.374 e. The topological polar surface area (TPSA) is 119 Å². The van der Waals surface area contributed by atoms with Crippen LogP contribution in [0, 0.1) is 10.1 Å². The first-order chi connectivity index (χ1) is 11.4. The van der Waals surface area contributed by atoms with Gasteiger partial charge >= 0.3 is 5.69 Å². The molecular weight excluding hydrogens is 356 g/mol. The van der Waals surface area contributed by atoms with Crippen LogP contribution in [0.2, 0.25) is 5.02 Å². The van der Waals surface area contributed by atoms with Crippen molar-refractivity contribution in [1.82, 2.24) is 15.2 Å². The number of rotatable bonds is 5. The normalized spacial score (nSPS) is 10.2. The fourth-order valence-corrected chi connectivity index (χ4v) is 2.08. The SMILES string of the molecule is NC(=S)N(NC(=O)CCn1cc([N+](=O)[O-])cn1)c1ccc(Cl)cc1. The average molecular weight is 369 g/mol. The molecule has 0 bridgehead atoms. The molecule has 2 rings (SSSR count).